The van der Waals surface area contributed by atoms with E-state index in [0.717, 1.165) is 13.1 Å². The van der Waals surface area contributed by atoms with E-state index in [1.54, 1.807) is 4.90 Å². The lowest BCUT2D eigenvalue weighted by Gasteiger charge is -2.38. The monoisotopic (exact) mass is 285 g/mol. The van der Waals surface area contributed by atoms with E-state index in [-0.39, 0.29) is 6.03 Å². The average Bonchev–Trinajstić information content (AvgIpc) is 2.46. The summed E-state index contributed by atoms with van der Waals surface area (Å²) in [6.07, 6.45) is 1.71. The first-order chi connectivity index (χ1) is 9.45. The zero-order chi connectivity index (χ0) is 15.2. The normalized spacial score (nSPS) is 18.1. The van der Waals surface area contributed by atoms with Crippen molar-refractivity contribution < 1.29 is 14.7 Å². The Hall–Kier alpha value is -1.30. The summed E-state index contributed by atoms with van der Waals surface area (Å²) in [6, 6.07) is -0.0791. The highest BCUT2D eigenvalue weighted by Crippen LogP contribution is 2.35. The number of amides is 2. The number of hydrogen-bond donors (Lipinski definition) is 2. The fraction of sp³-hybridized carbons (Fsp3) is 0.857. The molecule has 0 bridgehead atoms. The SMILES string of the molecule is CCN(C)CCNC(=O)N1CCC(CC)(C(=O)O)CC1. The quantitative estimate of drug-likeness (QED) is 0.770. The van der Waals surface area contributed by atoms with E-state index in [1.165, 1.54) is 0 Å². The number of urea groups is 1. The summed E-state index contributed by atoms with van der Waals surface area (Å²) in [6.45, 7) is 7.43. The van der Waals surface area contributed by atoms with Gasteiger partial charge in [0.1, 0.15) is 0 Å². The van der Waals surface area contributed by atoms with Gasteiger partial charge in [0.15, 0.2) is 0 Å². The van der Waals surface area contributed by atoms with Crippen LogP contribution in [0.3, 0.4) is 0 Å². The zero-order valence-electron chi connectivity index (χ0n) is 12.8. The lowest BCUT2D eigenvalue weighted by atomic mass is 9.76. The third kappa shape index (κ3) is 4.10. The minimum Gasteiger partial charge on any atom is -0.481 e. The van der Waals surface area contributed by atoms with Crippen LogP contribution in [-0.2, 0) is 4.79 Å². The van der Waals surface area contributed by atoms with Crippen LogP contribution in [0.25, 0.3) is 0 Å². The predicted octanol–water partition coefficient (Wildman–Crippen LogP) is 1.22. The van der Waals surface area contributed by atoms with Crippen LogP contribution in [0.5, 0.6) is 0 Å². The third-order valence-corrected chi connectivity index (χ3v) is 4.45. The fourth-order valence-corrected chi connectivity index (χ4v) is 2.48. The summed E-state index contributed by atoms with van der Waals surface area (Å²) >= 11 is 0. The molecule has 20 heavy (non-hydrogen) atoms. The number of rotatable bonds is 6. The van der Waals surface area contributed by atoms with Gasteiger partial charge in [-0.2, -0.15) is 0 Å². The van der Waals surface area contributed by atoms with E-state index in [2.05, 4.69) is 17.1 Å². The van der Waals surface area contributed by atoms with Crippen LogP contribution in [0, 0.1) is 5.41 Å². The number of carbonyl (C=O) groups is 2. The number of carbonyl (C=O) groups excluding carboxylic acids is 1. The Bertz CT molecular complexity index is 339. The molecular weight excluding hydrogens is 258 g/mol. The zero-order valence-corrected chi connectivity index (χ0v) is 12.8. The van der Waals surface area contributed by atoms with E-state index in [4.69, 9.17) is 0 Å². The lowest BCUT2D eigenvalue weighted by molar-refractivity contribution is -0.151. The number of carboxylic acids is 1. The van der Waals surface area contributed by atoms with Crippen LogP contribution in [0.4, 0.5) is 4.79 Å². The molecule has 6 heteroatoms. The van der Waals surface area contributed by atoms with Crippen LogP contribution in [-0.4, -0.2) is 66.7 Å². The largest absolute Gasteiger partial charge is 0.481 e. The van der Waals surface area contributed by atoms with Gasteiger partial charge in [-0.15, -0.1) is 0 Å². The highest BCUT2D eigenvalue weighted by Gasteiger charge is 2.40. The molecule has 1 heterocycles. The third-order valence-electron chi connectivity index (χ3n) is 4.45. The van der Waals surface area contributed by atoms with Gasteiger partial charge in [0.25, 0.3) is 0 Å². The molecule has 0 aromatic rings. The first kappa shape index (κ1) is 16.8. The predicted molar refractivity (Wildman–Crippen MR) is 77.7 cm³/mol. The van der Waals surface area contributed by atoms with Crippen molar-refractivity contribution in [1.29, 1.82) is 0 Å². The number of piperidine rings is 1. The molecule has 1 rings (SSSR count). The first-order valence-corrected chi connectivity index (χ1v) is 7.40. The number of aliphatic carboxylic acids is 1. The molecule has 2 amide bonds. The molecule has 0 saturated carbocycles. The molecule has 0 radical (unpaired) electrons. The topological polar surface area (TPSA) is 72.9 Å². The standard InChI is InChI=1S/C14H27N3O3/c1-4-14(12(18)19)6-9-17(10-7-14)13(20)15-8-11-16(3)5-2/h4-11H2,1-3H3,(H,15,20)(H,18,19). The number of likely N-dealkylation sites (tertiary alicyclic amines) is 1. The number of likely N-dealkylation sites (N-methyl/N-ethyl adjacent to an activating group) is 1. The summed E-state index contributed by atoms with van der Waals surface area (Å²) in [5.41, 5.74) is -0.640. The summed E-state index contributed by atoms with van der Waals surface area (Å²) in [5.74, 6) is -0.732. The van der Waals surface area contributed by atoms with Crippen molar-refractivity contribution in [3.8, 4) is 0 Å². The smallest absolute Gasteiger partial charge is 0.317 e. The van der Waals surface area contributed by atoms with Crippen LogP contribution in [0.2, 0.25) is 0 Å². The molecular formula is C14H27N3O3. The number of nitrogens with zero attached hydrogens (tertiary/aromatic N) is 2. The van der Waals surface area contributed by atoms with Crippen molar-refractivity contribution in [2.75, 3.05) is 39.8 Å². The van der Waals surface area contributed by atoms with Gasteiger partial charge >= 0.3 is 12.0 Å². The van der Waals surface area contributed by atoms with Crippen molar-refractivity contribution in [2.45, 2.75) is 33.1 Å². The van der Waals surface area contributed by atoms with E-state index in [1.807, 2.05) is 14.0 Å². The Balaban J connectivity index is 2.37. The second kappa shape index (κ2) is 7.47. The Kier molecular flexibility index (Phi) is 6.26. The van der Waals surface area contributed by atoms with Gasteiger partial charge in [0.2, 0.25) is 0 Å². The van der Waals surface area contributed by atoms with Crippen LogP contribution < -0.4 is 5.32 Å². The summed E-state index contributed by atoms with van der Waals surface area (Å²) in [7, 11) is 2.01. The summed E-state index contributed by atoms with van der Waals surface area (Å²) in [4.78, 5) is 27.2. The molecule has 2 N–H and O–H groups in total. The molecule has 0 unspecified atom stereocenters. The summed E-state index contributed by atoms with van der Waals surface area (Å²) in [5, 5.41) is 12.2. The van der Waals surface area contributed by atoms with Crippen molar-refractivity contribution in [3.63, 3.8) is 0 Å². The van der Waals surface area contributed by atoms with Crippen molar-refractivity contribution in [2.24, 2.45) is 5.41 Å². The lowest BCUT2D eigenvalue weighted by Crippen LogP contribution is -2.50. The van der Waals surface area contributed by atoms with Gasteiger partial charge in [-0.25, -0.2) is 4.79 Å². The Labute approximate surface area is 121 Å². The molecule has 116 valence electrons. The molecule has 0 atom stereocenters. The maximum absolute atomic E-state index is 12.0. The Morgan fingerprint density at radius 1 is 1.30 bits per heavy atom. The van der Waals surface area contributed by atoms with Gasteiger partial charge in [-0.05, 0) is 32.9 Å². The van der Waals surface area contributed by atoms with Gasteiger partial charge in [0, 0.05) is 26.2 Å². The van der Waals surface area contributed by atoms with Gasteiger partial charge < -0.3 is 20.2 Å². The van der Waals surface area contributed by atoms with Gasteiger partial charge in [-0.3, -0.25) is 4.79 Å². The van der Waals surface area contributed by atoms with Gasteiger partial charge in [0.05, 0.1) is 5.41 Å². The molecule has 0 spiro atoms. The number of nitrogens with one attached hydrogen (secondary N) is 1. The van der Waals surface area contributed by atoms with Crippen molar-refractivity contribution in [1.82, 2.24) is 15.1 Å². The minimum atomic E-state index is -0.732. The van der Waals surface area contributed by atoms with Crippen LogP contribution in [0.1, 0.15) is 33.1 Å². The minimum absolute atomic E-state index is 0.0791. The highest BCUT2D eigenvalue weighted by molar-refractivity contribution is 5.77. The molecule has 1 fully saturated rings. The van der Waals surface area contributed by atoms with Crippen molar-refractivity contribution >= 4 is 12.0 Å². The van der Waals surface area contributed by atoms with Gasteiger partial charge in [-0.1, -0.05) is 13.8 Å². The summed E-state index contributed by atoms with van der Waals surface area (Å²) < 4.78 is 0. The number of carboxylic acid groups (broad SMARTS) is 1. The maximum atomic E-state index is 12.0. The van der Waals surface area contributed by atoms with Crippen LogP contribution in [0.15, 0.2) is 0 Å². The Morgan fingerprint density at radius 3 is 2.35 bits per heavy atom. The first-order valence-electron chi connectivity index (χ1n) is 7.40. The maximum Gasteiger partial charge on any atom is 0.317 e. The molecule has 1 aliphatic rings. The Morgan fingerprint density at radius 2 is 1.90 bits per heavy atom. The van der Waals surface area contributed by atoms with E-state index >= 15 is 0 Å². The van der Waals surface area contributed by atoms with E-state index in [0.29, 0.717) is 38.9 Å². The second-order valence-corrected chi connectivity index (χ2v) is 5.55. The molecule has 0 aliphatic carbocycles. The molecule has 1 aliphatic heterocycles. The number of hydrogen-bond acceptors (Lipinski definition) is 3. The van der Waals surface area contributed by atoms with Crippen molar-refractivity contribution in [3.05, 3.63) is 0 Å². The molecule has 0 aromatic heterocycles. The molecule has 6 nitrogen and oxygen atoms in total. The van der Waals surface area contributed by atoms with Crippen LogP contribution >= 0.6 is 0 Å². The molecule has 1 saturated heterocycles. The fourth-order valence-electron chi connectivity index (χ4n) is 2.48. The second-order valence-electron chi connectivity index (χ2n) is 5.55. The molecule has 0 aromatic carbocycles. The highest BCUT2D eigenvalue weighted by atomic mass is 16.4. The van der Waals surface area contributed by atoms with E-state index in [9.17, 15) is 14.7 Å². The average molecular weight is 285 g/mol. The van der Waals surface area contributed by atoms with E-state index < -0.39 is 11.4 Å².